The second kappa shape index (κ2) is 12.4. The Morgan fingerprint density at radius 2 is 1.32 bits per heavy atom. The topological polar surface area (TPSA) is 76.7 Å². The highest BCUT2D eigenvalue weighted by atomic mass is 16.5. The molecule has 0 saturated carbocycles. The standard InChI is InChI=1S/C31H30N2O4/c1-3-29(37-26-18-14-23(15-19-26)22-10-6-5-7-11-22)31(35)33-28-13-9-8-12-27(28)30(34)32-24-16-20-25(21-17-24)36-4-2/h5-21,29H,3-4H2,1-2H3,(H,32,34)(H,33,35). The number of hydrogen-bond acceptors (Lipinski definition) is 4. The van der Waals surface area contributed by atoms with Crippen LogP contribution in [0.25, 0.3) is 11.1 Å². The highest BCUT2D eigenvalue weighted by Gasteiger charge is 2.21. The van der Waals surface area contributed by atoms with Gasteiger partial charge in [0.05, 0.1) is 17.9 Å². The lowest BCUT2D eigenvalue weighted by Crippen LogP contribution is -2.33. The van der Waals surface area contributed by atoms with Crippen LogP contribution in [0.2, 0.25) is 0 Å². The number of hydrogen-bond donors (Lipinski definition) is 2. The summed E-state index contributed by atoms with van der Waals surface area (Å²) in [6.45, 7) is 4.37. The lowest BCUT2D eigenvalue weighted by molar-refractivity contribution is -0.122. The third kappa shape index (κ3) is 6.76. The molecular weight excluding hydrogens is 464 g/mol. The van der Waals surface area contributed by atoms with Crippen molar-refractivity contribution in [2.45, 2.75) is 26.4 Å². The SMILES string of the molecule is CCOc1ccc(NC(=O)c2ccccc2NC(=O)C(CC)Oc2ccc(-c3ccccc3)cc2)cc1. The first kappa shape index (κ1) is 25.5. The lowest BCUT2D eigenvalue weighted by Gasteiger charge is -2.19. The van der Waals surface area contributed by atoms with E-state index in [4.69, 9.17) is 9.47 Å². The average Bonchev–Trinajstić information content (AvgIpc) is 2.94. The van der Waals surface area contributed by atoms with Crippen LogP contribution >= 0.6 is 0 Å². The third-order valence-corrected chi connectivity index (χ3v) is 5.76. The molecule has 4 aromatic rings. The first-order chi connectivity index (χ1) is 18.1. The van der Waals surface area contributed by atoms with Crippen LogP contribution in [0.4, 0.5) is 11.4 Å². The molecule has 0 aliphatic heterocycles. The van der Waals surface area contributed by atoms with Gasteiger partial charge < -0.3 is 20.1 Å². The zero-order valence-electron chi connectivity index (χ0n) is 20.9. The lowest BCUT2D eigenvalue weighted by atomic mass is 10.1. The summed E-state index contributed by atoms with van der Waals surface area (Å²) < 4.78 is 11.4. The maximum absolute atomic E-state index is 13.1. The fourth-order valence-electron chi connectivity index (χ4n) is 3.85. The predicted octanol–water partition coefficient (Wildman–Crippen LogP) is 6.80. The molecule has 0 aliphatic rings. The number of carbonyl (C=O) groups is 2. The van der Waals surface area contributed by atoms with Gasteiger partial charge in [-0.05, 0) is 73.0 Å². The van der Waals surface area contributed by atoms with Gasteiger partial charge in [-0.25, -0.2) is 0 Å². The van der Waals surface area contributed by atoms with Gasteiger partial charge in [-0.15, -0.1) is 0 Å². The highest BCUT2D eigenvalue weighted by molar-refractivity contribution is 6.10. The number of carbonyl (C=O) groups excluding carboxylic acids is 2. The predicted molar refractivity (Wildman–Crippen MR) is 147 cm³/mol. The van der Waals surface area contributed by atoms with Gasteiger partial charge in [0.25, 0.3) is 11.8 Å². The first-order valence-corrected chi connectivity index (χ1v) is 12.3. The fourth-order valence-corrected chi connectivity index (χ4v) is 3.85. The molecule has 0 radical (unpaired) electrons. The Morgan fingerprint density at radius 3 is 2.00 bits per heavy atom. The van der Waals surface area contributed by atoms with Gasteiger partial charge in [0.15, 0.2) is 6.10 Å². The smallest absolute Gasteiger partial charge is 0.265 e. The Morgan fingerprint density at radius 1 is 0.703 bits per heavy atom. The van der Waals surface area contributed by atoms with E-state index in [9.17, 15) is 9.59 Å². The monoisotopic (exact) mass is 494 g/mol. The minimum Gasteiger partial charge on any atom is -0.494 e. The number of para-hydroxylation sites is 1. The van der Waals surface area contributed by atoms with Crippen molar-refractivity contribution in [1.29, 1.82) is 0 Å². The maximum Gasteiger partial charge on any atom is 0.265 e. The third-order valence-electron chi connectivity index (χ3n) is 5.76. The van der Waals surface area contributed by atoms with Crippen LogP contribution in [-0.4, -0.2) is 24.5 Å². The largest absolute Gasteiger partial charge is 0.494 e. The number of ether oxygens (including phenoxy) is 2. The molecule has 0 aliphatic carbocycles. The molecule has 2 N–H and O–H groups in total. The Hall–Kier alpha value is -4.58. The molecule has 0 saturated heterocycles. The molecule has 2 amide bonds. The minimum atomic E-state index is -0.718. The quantitative estimate of drug-likeness (QED) is 0.254. The maximum atomic E-state index is 13.1. The van der Waals surface area contributed by atoms with Crippen molar-refractivity contribution in [2.75, 3.05) is 17.2 Å². The Labute approximate surface area is 217 Å². The highest BCUT2D eigenvalue weighted by Crippen LogP contribution is 2.24. The molecule has 6 heteroatoms. The van der Waals surface area contributed by atoms with E-state index in [1.165, 1.54) is 0 Å². The molecule has 188 valence electrons. The van der Waals surface area contributed by atoms with E-state index in [-0.39, 0.29) is 11.8 Å². The summed E-state index contributed by atoms with van der Waals surface area (Å²) in [5, 5.41) is 5.73. The molecule has 0 spiro atoms. The Kier molecular flexibility index (Phi) is 8.55. The average molecular weight is 495 g/mol. The molecular formula is C31H30N2O4. The van der Waals surface area contributed by atoms with Crippen LogP contribution in [0.15, 0.2) is 103 Å². The molecule has 0 aromatic heterocycles. The van der Waals surface area contributed by atoms with E-state index in [0.29, 0.717) is 35.7 Å². The zero-order valence-corrected chi connectivity index (χ0v) is 20.9. The van der Waals surface area contributed by atoms with Crippen molar-refractivity contribution < 1.29 is 19.1 Å². The van der Waals surface area contributed by atoms with Crippen LogP contribution in [0.1, 0.15) is 30.6 Å². The van der Waals surface area contributed by atoms with E-state index in [0.717, 1.165) is 16.9 Å². The molecule has 37 heavy (non-hydrogen) atoms. The number of amides is 2. The number of rotatable bonds is 10. The number of benzene rings is 4. The summed E-state index contributed by atoms with van der Waals surface area (Å²) >= 11 is 0. The normalized spacial score (nSPS) is 11.3. The van der Waals surface area contributed by atoms with Gasteiger partial charge in [-0.3, -0.25) is 9.59 Å². The summed E-state index contributed by atoms with van der Waals surface area (Å²) in [6.07, 6.45) is -0.253. The van der Waals surface area contributed by atoms with Gasteiger partial charge in [0.2, 0.25) is 0 Å². The van der Waals surface area contributed by atoms with E-state index in [1.54, 1.807) is 48.5 Å². The minimum absolute atomic E-state index is 0.323. The molecule has 6 nitrogen and oxygen atoms in total. The Bertz CT molecular complexity index is 1320. The summed E-state index contributed by atoms with van der Waals surface area (Å²) in [5.41, 5.74) is 3.57. The molecule has 0 heterocycles. The number of anilines is 2. The van der Waals surface area contributed by atoms with Crippen molar-refractivity contribution in [3.63, 3.8) is 0 Å². The second-order valence-corrected chi connectivity index (χ2v) is 8.35. The van der Waals surface area contributed by atoms with Crippen LogP contribution < -0.4 is 20.1 Å². The van der Waals surface area contributed by atoms with Gasteiger partial charge in [-0.2, -0.15) is 0 Å². The van der Waals surface area contributed by atoms with E-state index in [2.05, 4.69) is 10.6 Å². The van der Waals surface area contributed by atoms with Gasteiger partial charge in [0, 0.05) is 5.69 Å². The molecule has 0 bridgehead atoms. The van der Waals surface area contributed by atoms with Crippen molar-refractivity contribution in [1.82, 2.24) is 0 Å². The Balaban J connectivity index is 1.42. The first-order valence-electron chi connectivity index (χ1n) is 12.3. The molecule has 1 atom stereocenters. The van der Waals surface area contributed by atoms with Crippen molar-refractivity contribution >= 4 is 23.2 Å². The van der Waals surface area contributed by atoms with Crippen LogP contribution in [-0.2, 0) is 4.79 Å². The second-order valence-electron chi connectivity index (χ2n) is 8.35. The van der Waals surface area contributed by atoms with Crippen molar-refractivity contribution in [3.8, 4) is 22.6 Å². The summed E-state index contributed by atoms with van der Waals surface area (Å²) in [7, 11) is 0. The molecule has 1 unspecified atom stereocenters. The van der Waals surface area contributed by atoms with Crippen LogP contribution in [0.3, 0.4) is 0 Å². The van der Waals surface area contributed by atoms with Gasteiger partial charge in [-0.1, -0.05) is 61.5 Å². The summed E-state index contributed by atoms with van der Waals surface area (Å²) in [6, 6.07) is 31.7. The van der Waals surface area contributed by atoms with E-state index < -0.39 is 6.10 Å². The molecule has 4 rings (SSSR count). The van der Waals surface area contributed by atoms with Gasteiger partial charge in [0.1, 0.15) is 11.5 Å². The fraction of sp³-hybridized carbons (Fsp3) is 0.161. The summed E-state index contributed by atoms with van der Waals surface area (Å²) in [5.74, 6) is 0.679. The molecule has 4 aromatic carbocycles. The van der Waals surface area contributed by atoms with Crippen molar-refractivity contribution in [2.24, 2.45) is 0 Å². The van der Waals surface area contributed by atoms with E-state index >= 15 is 0 Å². The van der Waals surface area contributed by atoms with Crippen molar-refractivity contribution in [3.05, 3.63) is 109 Å². The number of nitrogens with one attached hydrogen (secondary N) is 2. The zero-order chi connectivity index (χ0) is 26.0. The van der Waals surface area contributed by atoms with E-state index in [1.807, 2.05) is 68.4 Å². The molecule has 0 fully saturated rings. The van der Waals surface area contributed by atoms with Gasteiger partial charge >= 0.3 is 0 Å². The van der Waals surface area contributed by atoms with Crippen LogP contribution in [0.5, 0.6) is 11.5 Å². The summed E-state index contributed by atoms with van der Waals surface area (Å²) in [4.78, 5) is 26.1. The van der Waals surface area contributed by atoms with Crippen LogP contribution in [0, 0.1) is 0 Å².